The van der Waals surface area contributed by atoms with Crippen molar-refractivity contribution in [1.82, 2.24) is 15.1 Å². The molecule has 0 aliphatic carbocycles. The van der Waals surface area contributed by atoms with Gasteiger partial charge < -0.3 is 10.4 Å². The van der Waals surface area contributed by atoms with Gasteiger partial charge in [-0.3, -0.25) is 9.48 Å². The zero-order valence-corrected chi connectivity index (χ0v) is 13.0. The summed E-state index contributed by atoms with van der Waals surface area (Å²) < 4.78 is 28.4. The Morgan fingerprint density at radius 3 is 2.83 bits per heavy atom. The Labute approximate surface area is 132 Å². The molecule has 2 aromatic rings. The molecule has 1 unspecified atom stereocenters. The number of hydrogen-bond donors (Lipinski definition) is 2. The fourth-order valence-electron chi connectivity index (χ4n) is 2.28. The van der Waals surface area contributed by atoms with Crippen LogP contribution < -0.4 is 5.32 Å². The number of carbonyl (C=O) groups is 1. The first-order chi connectivity index (χ1) is 10.9. The van der Waals surface area contributed by atoms with Crippen LogP contribution in [-0.4, -0.2) is 33.4 Å². The minimum atomic E-state index is -0.788. The van der Waals surface area contributed by atoms with Gasteiger partial charge in [0.2, 0.25) is 0 Å². The second-order valence-corrected chi connectivity index (χ2v) is 5.34. The third kappa shape index (κ3) is 4.13. The lowest BCUT2D eigenvalue weighted by atomic mass is 10.1. The van der Waals surface area contributed by atoms with Crippen LogP contribution in [-0.2, 0) is 7.05 Å². The van der Waals surface area contributed by atoms with Crippen LogP contribution in [0.5, 0.6) is 0 Å². The van der Waals surface area contributed by atoms with Crippen molar-refractivity contribution in [1.29, 1.82) is 0 Å². The topological polar surface area (TPSA) is 67.2 Å². The Morgan fingerprint density at radius 1 is 1.43 bits per heavy atom. The highest BCUT2D eigenvalue weighted by atomic mass is 19.1. The molecule has 23 heavy (non-hydrogen) atoms. The van der Waals surface area contributed by atoms with Gasteiger partial charge in [0.05, 0.1) is 11.7 Å². The Morgan fingerprint density at radius 2 is 2.17 bits per heavy atom. The van der Waals surface area contributed by atoms with Crippen molar-refractivity contribution in [3.8, 4) is 11.3 Å². The molecule has 2 rings (SSSR count). The van der Waals surface area contributed by atoms with E-state index >= 15 is 0 Å². The van der Waals surface area contributed by atoms with E-state index in [1.54, 1.807) is 7.05 Å². The summed E-state index contributed by atoms with van der Waals surface area (Å²) in [5.41, 5.74) is 0.348. The van der Waals surface area contributed by atoms with Crippen molar-refractivity contribution >= 4 is 5.91 Å². The summed E-state index contributed by atoms with van der Waals surface area (Å²) in [5.74, 6) is -1.95. The number of amides is 1. The second-order valence-electron chi connectivity index (χ2n) is 5.34. The maximum atomic E-state index is 13.9. The number of nitrogens with zero attached hydrogens (tertiary/aromatic N) is 2. The zero-order chi connectivity index (χ0) is 17.0. The number of halogens is 2. The molecule has 1 aromatic heterocycles. The first-order valence-corrected chi connectivity index (χ1v) is 7.37. The van der Waals surface area contributed by atoms with Gasteiger partial charge in [0, 0.05) is 31.4 Å². The van der Waals surface area contributed by atoms with Gasteiger partial charge in [-0.15, -0.1) is 0 Å². The first kappa shape index (κ1) is 17.1. The molecule has 1 atom stereocenters. The molecule has 0 fully saturated rings. The largest absolute Gasteiger partial charge is 0.391 e. The average molecular weight is 323 g/mol. The second kappa shape index (κ2) is 7.32. The summed E-state index contributed by atoms with van der Waals surface area (Å²) in [4.78, 5) is 12.3. The monoisotopic (exact) mass is 323 g/mol. The van der Waals surface area contributed by atoms with Gasteiger partial charge in [0.15, 0.2) is 0 Å². The van der Waals surface area contributed by atoms with Gasteiger partial charge in [0.25, 0.3) is 5.91 Å². The number of carbonyl (C=O) groups excluding carboxylic acids is 1. The van der Waals surface area contributed by atoms with E-state index in [9.17, 15) is 18.7 Å². The van der Waals surface area contributed by atoms with Crippen molar-refractivity contribution in [3.05, 3.63) is 41.6 Å². The fraction of sp³-hybridized carbons (Fsp3) is 0.375. The normalized spacial score (nSPS) is 12.2. The lowest BCUT2D eigenvalue weighted by Crippen LogP contribution is -2.32. The maximum absolute atomic E-state index is 13.9. The fourth-order valence-corrected chi connectivity index (χ4v) is 2.28. The minimum absolute atomic E-state index is 0.0475. The van der Waals surface area contributed by atoms with Crippen LogP contribution >= 0.6 is 0 Å². The predicted molar refractivity (Wildman–Crippen MR) is 81.8 cm³/mol. The lowest BCUT2D eigenvalue weighted by Gasteiger charge is -2.10. The highest BCUT2D eigenvalue weighted by molar-refractivity contribution is 5.99. The van der Waals surface area contributed by atoms with E-state index in [0.29, 0.717) is 6.42 Å². The number of rotatable bonds is 6. The van der Waals surface area contributed by atoms with Crippen LogP contribution in [0.3, 0.4) is 0 Å². The summed E-state index contributed by atoms with van der Waals surface area (Å²) >= 11 is 0. The predicted octanol–water partition coefficient (Wildman–Crippen LogP) is 2.26. The van der Waals surface area contributed by atoms with Crippen molar-refractivity contribution in [2.24, 2.45) is 7.05 Å². The molecule has 0 bridgehead atoms. The smallest absolute Gasteiger partial charge is 0.255 e. The van der Waals surface area contributed by atoms with Crippen molar-refractivity contribution < 1.29 is 18.7 Å². The number of aliphatic hydroxyl groups excluding tert-OH is 1. The van der Waals surface area contributed by atoms with E-state index in [4.69, 9.17) is 0 Å². The van der Waals surface area contributed by atoms with E-state index in [1.165, 1.54) is 16.9 Å². The van der Waals surface area contributed by atoms with Crippen LogP contribution in [0.1, 0.15) is 30.1 Å². The van der Waals surface area contributed by atoms with Gasteiger partial charge in [-0.05, 0) is 18.6 Å². The van der Waals surface area contributed by atoms with Gasteiger partial charge in [-0.2, -0.15) is 5.10 Å². The molecule has 0 saturated heterocycles. The molecule has 1 aromatic carbocycles. The number of nitrogens with one attached hydrogen (secondary N) is 1. The van der Waals surface area contributed by atoms with E-state index in [2.05, 4.69) is 10.4 Å². The lowest BCUT2D eigenvalue weighted by molar-refractivity contribution is 0.0910. The highest BCUT2D eigenvalue weighted by Gasteiger charge is 2.20. The van der Waals surface area contributed by atoms with E-state index < -0.39 is 23.6 Å². The van der Waals surface area contributed by atoms with Crippen LogP contribution in [0.25, 0.3) is 11.3 Å². The number of hydrogen-bond acceptors (Lipinski definition) is 3. The number of aromatic nitrogens is 2. The van der Waals surface area contributed by atoms with Crippen molar-refractivity contribution in [2.45, 2.75) is 25.9 Å². The van der Waals surface area contributed by atoms with Gasteiger partial charge >= 0.3 is 0 Å². The third-order valence-electron chi connectivity index (χ3n) is 3.38. The van der Waals surface area contributed by atoms with Crippen molar-refractivity contribution in [3.63, 3.8) is 0 Å². The number of aliphatic hydroxyl groups is 1. The highest BCUT2D eigenvalue weighted by Crippen LogP contribution is 2.25. The van der Waals surface area contributed by atoms with Crippen LogP contribution in [0.4, 0.5) is 8.78 Å². The van der Waals surface area contributed by atoms with E-state index in [-0.39, 0.29) is 23.4 Å². The molecular formula is C16H19F2N3O2. The van der Waals surface area contributed by atoms with Crippen molar-refractivity contribution in [2.75, 3.05) is 6.54 Å². The Balaban J connectivity index is 2.25. The molecule has 2 N–H and O–H groups in total. The molecule has 124 valence electrons. The van der Waals surface area contributed by atoms with Crippen LogP contribution in [0.2, 0.25) is 0 Å². The molecule has 7 heteroatoms. The summed E-state index contributed by atoms with van der Waals surface area (Å²) in [6.07, 6.45) is 2.20. The van der Waals surface area contributed by atoms with Gasteiger partial charge in [-0.1, -0.05) is 13.3 Å². The molecule has 0 aliphatic rings. The van der Waals surface area contributed by atoms with Crippen LogP contribution in [0, 0.1) is 11.6 Å². The molecule has 0 radical (unpaired) electrons. The molecule has 0 spiro atoms. The first-order valence-electron chi connectivity index (χ1n) is 7.37. The molecule has 1 heterocycles. The van der Waals surface area contributed by atoms with Crippen LogP contribution in [0.15, 0.2) is 24.4 Å². The van der Waals surface area contributed by atoms with Gasteiger partial charge in [-0.25, -0.2) is 8.78 Å². The minimum Gasteiger partial charge on any atom is -0.391 e. The van der Waals surface area contributed by atoms with E-state index in [1.807, 2.05) is 6.92 Å². The molecule has 5 nitrogen and oxygen atoms in total. The maximum Gasteiger partial charge on any atom is 0.255 e. The summed E-state index contributed by atoms with van der Waals surface area (Å²) in [6, 6.07) is 3.10. The molecule has 0 aliphatic heterocycles. The summed E-state index contributed by atoms with van der Waals surface area (Å²) in [6.45, 7) is 2.04. The standard InChI is InChI=1S/C16H19F2N3O2/c1-3-4-11(22)8-19-16(23)13-9-21(2)20-15(13)12-6-5-10(17)7-14(12)18/h5-7,9,11,22H,3-4,8H2,1-2H3,(H,19,23). The van der Waals surface area contributed by atoms with Gasteiger partial charge in [0.1, 0.15) is 17.3 Å². The third-order valence-corrected chi connectivity index (χ3v) is 3.38. The Kier molecular flexibility index (Phi) is 5.44. The molecular weight excluding hydrogens is 304 g/mol. The summed E-state index contributed by atoms with van der Waals surface area (Å²) in [7, 11) is 1.60. The molecule has 0 saturated carbocycles. The quantitative estimate of drug-likeness (QED) is 0.857. The zero-order valence-electron chi connectivity index (χ0n) is 13.0. The van der Waals surface area contributed by atoms with E-state index in [0.717, 1.165) is 18.6 Å². The Bertz CT molecular complexity index is 701. The average Bonchev–Trinajstić information content (AvgIpc) is 2.87. The SMILES string of the molecule is CCCC(O)CNC(=O)c1cn(C)nc1-c1ccc(F)cc1F. The number of aryl methyl sites for hydroxylation is 1. The summed E-state index contributed by atoms with van der Waals surface area (Å²) in [5, 5.41) is 16.4. The Hall–Kier alpha value is -2.28. The molecule has 1 amide bonds. The number of benzene rings is 1.